The Balaban J connectivity index is 1.52. The van der Waals surface area contributed by atoms with Gasteiger partial charge in [-0.15, -0.1) is 11.3 Å². The average Bonchev–Trinajstić information content (AvgIpc) is 3.27. The van der Waals surface area contributed by atoms with Crippen LogP contribution in [-0.4, -0.2) is 72.2 Å². The first kappa shape index (κ1) is 25.1. The van der Waals surface area contributed by atoms with E-state index in [9.17, 15) is 9.59 Å². The maximum atomic E-state index is 12.9. The van der Waals surface area contributed by atoms with Crippen molar-refractivity contribution < 1.29 is 14.3 Å². The van der Waals surface area contributed by atoms with E-state index in [4.69, 9.17) is 4.74 Å². The third-order valence-corrected chi connectivity index (χ3v) is 6.45. The highest BCUT2D eigenvalue weighted by Gasteiger charge is 2.20. The van der Waals surface area contributed by atoms with Crippen LogP contribution in [0.15, 0.2) is 29.6 Å². The van der Waals surface area contributed by atoms with Gasteiger partial charge < -0.3 is 20.3 Å². The number of nitrogens with zero attached hydrogens (tertiary/aromatic N) is 3. The highest BCUT2D eigenvalue weighted by molar-refractivity contribution is 7.09. The monoisotopic (exact) mass is 473 g/mol. The number of hydrogen-bond acceptors (Lipinski definition) is 6. The molecular weight excluding hydrogens is 438 g/mol. The molecule has 0 aliphatic carbocycles. The molecule has 1 aliphatic heterocycles. The molecule has 0 saturated carbocycles. The van der Waals surface area contributed by atoms with E-state index in [1.54, 1.807) is 10.3 Å². The van der Waals surface area contributed by atoms with E-state index in [0.717, 1.165) is 43.5 Å². The van der Waals surface area contributed by atoms with Crippen molar-refractivity contribution >= 4 is 29.0 Å². The third kappa shape index (κ3) is 7.52. The van der Waals surface area contributed by atoms with Gasteiger partial charge in [0.2, 0.25) is 0 Å². The van der Waals surface area contributed by atoms with Crippen LogP contribution >= 0.6 is 11.3 Å². The molecule has 1 aromatic heterocycles. The second-order valence-corrected chi connectivity index (χ2v) is 9.71. The lowest BCUT2D eigenvalue weighted by atomic mass is 10.0. The summed E-state index contributed by atoms with van der Waals surface area (Å²) in [7, 11) is 0. The Bertz CT molecular complexity index is 907. The van der Waals surface area contributed by atoms with Gasteiger partial charge in [-0.1, -0.05) is 26.0 Å². The molecule has 33 heavy (non-hydrogen) atoms. The Kier molecular flexibility index (Phi) is 9.22. The smallest absolute Gasteiger partial charge is 0.322 e. The molecule has 0 radical (unpaired) electrons. The van der Waals surface area contributed by atoms with Crippen molar-refractivity contribution in [3.05, 3.63) is 45.9 Å². The van der Waals surface area contributed by atoms with Gasteiger partial charge in [-0.2, -0.15) is 0 Å². The molecule has 2 heterocycles. The zero-order valence-electron chi connectivity index (χ0n) is 20.0. The van der Waals surface area contributed by atoms with Crippen molar-refractivity contribution in [2.45, 2.75) is 46.2 Å². The Hall–Kier alpha value is -2.49. The van der Waals surface area contributed by atoms with Crippen molar-refractivity contribution in [1.82, 2.24) is 20.1 Å². The zero-order chi connectivity index (χ0) is 23.8. The second-order valence-electron chi connectivity index (χ2n) is 8.76. The van der Waals surface area contributed by atoms with Gasteiger partial charge in [-0.25, -0.2) is 9.78 Å². The quantitative estimate of drug-likeness (QED) is 0.579. The first-order valence-electron chi connectivity index (χ1n) is 11.5. The van der Waals surface area contributed by atoms with Crippen LogP contribution in [0, 0.1) is 0 Å². The Morgan fingerprint density at radius 2 is 1.85 bits per heavy atom. The molecule has 180 valence electrons. The average molecular weight is 474 g/mol. The van der Waals surface area contributed by atoms with Gasteiger partial charge in [0.15, 0.2) is 0 Å². The summed E-state index contributed by atoms with van der Waals surface area (Å²) in [4.78, 5) is 33.8. The minimum atomic E-state index is -0.186. The number of benzene rings is 1. The summed E-state index contributed by atoms with van der Waals surface area (Å²) in [5.41, 5.74) is 2.38. The number of thiazole rings is 1. The van der Waals surface area contributed by atoms with Crippen molar-refractivity contribution in [3.8, 4) is 0 Å². The fourth-order valence-corrected chi connectivity index (χ4v) is 4.28. The molecule has 1 saturated heterocycles. The highest BCUT2D eigenvalue weighted by atomic mass is 32.1. The number of aromatic nitrogens is 1. The first-order chi connectivity index (χ1) is 15.8. The highest BCUT2D eigenvalue weighted by Crippen LogP contribution is 2.19. The maximum Gasteiger partial charge on any atom is 0.322 e. The number of hydrogen-bond donors (Lipinski definition) is 2. The van der Waals surface area contributed by atoms with E-state index in [1.165, 1.54) is 16.9 Å². The molecule has 2 aromatic rings. The van der Waals surface area contributed by atoms with E-state index in [-0.39, 0.29) is 18.0 Å². The second kappa shape index (κ2) is 12.1. The summed E-state index contributed by atoms with van der Waals surface area (Å²) in [5, 5.41) is 8.38. The van der Waals surface area contributed by atoms with Gasteiger partial charge in [0.25, 0.3) is 5.91 Å². The van der Waals surface area contributed by atoms with E-state index < -0.39 is 0 Å². The number of rotatable bonds is 9. The Morgan fingerprint density at radius 1 is 1.15 bits per heavy atom. The Labute approximate surface area is 200 Å². The van der Waals surface area contributed by atoms with Crippen LogP contribution in [0.2, 0.25) is 0 Å². The minimum Gasteiger partial charge on any atom is -0.379 e. The van der Waals surface area contributed by atoms with Crippen LogP contribution in [0.5, 0.6) is 0 Å². The molecular formula is C24H35N5O3S. The van der Waals surface area contributed by atoms with Crippen LogP contribution < -0.4 is 10.6 Å². The molecule has 0 atom stereocenters. The molecule has 1 fully saturated rings. The van der Waals surface area contributed by atoms with Gasteiger partial charge in [-0.05, 0) is 37.5 Å². The van der Waals surface area contributed by atoms with Crippen LogP contribution in [0.3, 0.4) is 0 Å². The maximum absolute atomic E-state index is 12.9. The lowest BCUT2D eigenvalue weighted by Crippen LogP contribution is -2.41. The molecule has 3 rings (SSSR count). The van der Waals surface area contributed by atoms with Gasteiger partial charge in [0, 0.05) is 43.3 Å². The number of urea groups is 1. The summed E-state index contributed by atoms with van der Waals surface area (Å²) in [6.45, 7) is 13.2. The molecule has 0 unspecified atom stereocenters. The van der Waals surface area contributed by atoms with Crippen LogP contribution in [-0.2, 0) is 11.3 Å². The van der Waals surface area contributed by atoms with E-state index >= 15 is 0 Å². The number of carbonyl (C=O) groups is 2. The number of amides is 3. The SMILES string of the molecule is CC(C)c1ccc(NC(=O)N(Cc2nc(C(=O)NCCN3CCOCC3)cs2)C(C)C)cc1. The molecule has 0 bridgehead atoms. The normalized spacial score (nSPS) is 14.5. The number of anilines is 1. The van der Waals surface area contributed by atoms with Crippen molar-refractivity contribution in [2.24, 2.45) is 0 Å². The van der Waals surface area contributed by atoms with Crippen LogP contribution in [0.25, 0.3) is 0 Å². The fraction of sp³-hybridized carbons (Fsp3) is 0.542. The number of morpholine rings is 1. The first-order valence-corrected chi connectivity index (χ1v) is 12.4. The summed E-state index contributed by atoms with van der Waals surface area (Å²) >= 11 is 1.39. The summed E-state index contributed by atoms with van der Waals surface area (Å²) < 4.78 is 5.34. The lowest BCUT2D eigenvalue weighted by molar-refractivity contribution is 0.0383. The zero-order valence-corrected chi connectivity index (χ0v) is 20.8. The molecule has 2 N–H and O–H groups in total. The standard InChI is InChI=1S/C24H35N5O3S/c1-17(2)19-5-7-20(8-6-19)26-24(31)29(18(3)4)15-22-27-21(16-33-22)23(30)25-9-10-28-11-13-32-14-12-28/h5-8,16-18H,9-15H2,1-4H3,(H,25,30)(H,26,31). The largest absolute Gasteiger partial charge is 0.379 e. The van der Waals surface area contributed by atoms with E-state index in [0.29, 0.717) is 24.7 Å². The van der Waals surface area contributed by atoms with Crippen molar-refractivity contribution in [1.29, 1.82) is 0 Å². The van der Waals surface area contributed by atoms with Crippen LogP contribution in [0.1, 0.15) is 54.7 Å². The van der Waals surface area contributed by atoms with E-state index in [1.807, 2.05) is 38.1 Å². The van der Waals surface area contributed by atoms with Crippen LogP contribution in [0.4, 0.5) is 10.5 Å². The number of ether oxygens (including phenoxy) is 1. The fourth-order valence-electron chi connectivity index (χ4n) is 3.51. The topological polar surface area (TPSA) is 86.8 Å². The predicted molar refractivity (Wildman–Crippen MR) is 132 cm³/mol. The Morgan fingerprint density at radius 3 is 2.48 bits per heavy atom. The minimum absolute atomic E-state index is 0.0189. The summed E-state index contributed by atoms with van der Waals surface area (Å²) in [6.07, 6.45) is 0. The summed E-state index contributed by atoms with van der Waals surface area (Å²) in [6, 6.07) is 7.71. The van der Waals surface area contributed by atoms with E-state index in [2.05, 4.69) is 34.4 Å². The number of nitrogens with one attached hydrogen (secondary N) is 2. The van der Waals surface area contributed by atoms with Gasteiger partial charge in [0.05, 0.1) is 19.8 Å². The molecule has 9 heteroatoms. The molecule has 8 nitrogen and oxygen atoms in total. The van der Waals surface area contributed by atoms with Gasteiger partial charge in [0.1, 0.15) is 10.7 Å². The van der Waals surface area contributed by atoms with Crippen molar-refractivity contribution in [3.63, 3.8) is 0 Å². The predicted octanol–water partition coefficient (Wildman–Crippen LogP) is 3.77. The molecule has 1 aromatic carbocycles. The number of carbonyl (C=O) groups excluding carboxylic acids is 2. The molecule has 1 aliphatic rings. The van der Waals surface area contributed by atoms with Gasteiger partial charge >= 0.3 is 6.03 Å². The summed E-state index contributed by atoms with van der Waals surface area (Å²) in [5.74, 6) is 0.258. The van der Waals surface area contributed by atoms with Crippen molar-refractivity contribution in [2.75, 3.05) is 44.7 Å². The lowest BCUT2D eigenvalue weighted by Gasteiger charge is -2.26. The third-order valence-electron chi connectivity index (χ3n) is 5.62. The molecule has 0 spiro atoms. The van der Waals surface area contributed by atoms with Gasteiger partial charge in [-0.3, -0.25) is 9.69 Å². The molecule has 3 amide bonds.